The van der Waals surface area contributed by atoms with E-state index in [-0.39, 0.29) is 6.10 Å². The molecule has 0 radical (unpaired) electrons. The first-order valence-corrected chi connectivity index (χ1v) is 9.75. The summed E-state index contributed by atoms with van der Waals surface area (Å²) in [6.07, 6.45) is 4.28. The monoisotopic (exact) mass is 368 g/mol. The van der Waals surface area contributed by atoms with Crippen molar-refractivity contribution >= 4 is 23.1 Å². The third-order valence-corrected chi connectivity index (χ3v) is 5.18. The number of hydrogen-bond donors (Lipinski definition) is 2. The van der Waals surface area contributed by atoms with Gasteiger partial charge in [-0.15, -0.1) is 0 Å². The summed E-state index contributed by atoms with van der Waals surface area (Å²) in [6.45, 7) is 6.00. The third kappa shape index (κ3) is 4.87. The van der Waals surface area contributed by atoms with Gasteiger partial charge in [-0.2, -0.15) is 4.98 Å². The van der Waals surface area contributed by atoms with Gasteiger partial charge in [0.2, 0.25) is 5.95 Å². The fourth-order valence-electron chi connectivity index (χ4n) is 3.49. The van der Waals surface area contributed by atoms with Crippen LogP contribution in [0.2, 0.25) is 0 Å². The maximum absolute atomic E-state index is 5.63. The van der Waals surface area contributed by atoms with E-state index in [4.69, 9.17) is 4.74 Å². The lowest BCUT2D eigenvalue weighted by Gasteiger charge is -2.34. The first-order valence-electron chi connectivity index (χ1n) is 9.75. The van der Waals surface area contributed by atoms with Gasteiger partial charge in [0.25, 0.3) is 0 Å². The SMILES string of the molecule is CN1CCN(c2ccc(Nc3ccnc(NCC4CCCO4)n3)cc2)CC1. The van der Waals surface area contributed by atoms with Crippen LogP contribution in [0.15, 0.2) is 36.5 Å². The quantitative estimate of drug-likeness (QED) is 0.812. The molecule has 2 aromatic rings. The summed E-state index contributed by atoms with van der Waals surface area (Å²) in [5.41, 5.74) is 2.30. The summed E-state index contributed by atoms with van der Waals surface area (Å²) in [7, 11) is 2.18. The normalized spacial score (nSPS) is 20.6. The van der Waals surface area contributed by atoms with Gasteiger partial charge in [0.15, 0.2) is 0 Å². The smallest absolute Gasteiger partial charge is 0.224 e. The fraction of sp³-hybridized carbons (Fsp3) is 0.500. The van der Waals surface area contributed by atoms with Crippen LogP contribution in [0.1, 0.15) is 12.8 Å². The number of rotatable bonds is 6. The third-order valence-electron chi connectivity index (χ3n) is 5.18. The van der Waals surface area contributed by atoms with Crippen LogP contribution < -0.4 is 15.5 Å². The minimum absolute atomic E-state index is 0.271. The summed E-state index contributed by atoms with van der Waals surface area (Å²) in [4.78, 5) is 13.6. The van der Waals surface area contributed by atoms with Crippen molar-refractivity contribution in [1.29, 1.82) is 0 Å². The van der Waals surface area contributed by atoms with Gasteiger partial charge in [0, 0.05) is 56.9 Å². The molecule has 2 aliphatic heterocycles. The van der Waals surface area contributed by atoms with Crippen molar-refractivity contribution in [3.8, 4) is 0 Å². The van der Waals surface area contributed by atoms with Crippen LogP contribution >= 0.6 is 0 Å². The lowest BCUT2D eigenvalue weighted by atomic mass is 10.2. The number of ether oxygens (including phenoxy) is 1. The van der Waals surface area contributed by atoms with Crippen molar-refractivity contribution in [1.82, 2.24) is 14.9 Å². The number of likely N-dealkylation sites (N-methyl/N-ethyl adjacent to an activating group) is 1. The summed E-state index contributed by atoms with van der Waals surface area (Å²) in [5.74, 6) is 1.41. The van der Waals surface area contributed by atoms with Crippen molar-refractivity contribution < 1.29 is 4.74 Å². The molecule has 144 valence electrons. The zero-order chi connectivity index (χ0) is 18.5. The van der Waals surface area contributed by atoms with Gasteiger partial charge in [-0.1, -0.05) is 0 Å². The number of aromatic nitrogens is 2. The Morgan fingerprint density at radius 1 is 1.11 bits per heavy atom. The molecule has 1 atom stereocenters. The van der Waals surface area contributed by atoms with E-state index in [2.05, 4.69) is 61.7 Å². The second-order valence-electron chi connectivity index (χ2n) is 7.24. The maximum Gasteiger partial charge on any atom is 0.224 e. The number of hydrogen-bond acceptors (Lipinski definition) is 7. The Hall–Kier alpha value is -2.38. The Balaban J connectivity index is 1.33. The molecule has 0 saturated carbocycles. The van der Waals surface area contributed by atoms with Crippen molar-refractivity contribution in [3.05, 3.63) is 36.5 Å². The van der Waals surface area contributed by atoms with Crippen LogP contribution in [-0.4, -0.2) is 67.4 Å². The highest BCUT2D eigenvalue weighted by atomic mass is 16.5. The minimum Gasteiger partial charge on any atom is -0.376 e. The number of benzene rings is 1. The molecule has 1 aromatic carbocycles. The van der Waals surface area contributed by atoms with Crippen LogP contribution in [-0.2, 0) is 4.74 Å². The van der Waals surface area contributed by atoms with Gasteiger partial charge in [-0.05, 0) is 50.2 Å². The molecule has 3 heterocycles. The maximum atomic E-state index is 5.63. The second kappa shape index (κ2) is 8.54. The number of nitrogens with zero attached hydrogens (tertiary/aromatic N) is 4. The van der Waals surface area contributed by atoms with E-state index in [1.165, 1.54) is 5.69 Å². The minimum atomic E-state index is 0.271. The van der Waals surface area contributed by atoms with Crippen LogP contribution in [0.3, 0.4) is 0 Å². The summed E-state index contributed by atoms with van der Waals surface area (Å²) in [6, 6.07) is 10.4. The van der Waals surface area contributed by atoms with Gasteiger partial charge in [-0.3, -0.25) is 0 Å². The molecule has 0 aliphatic carbocycles. The van der Waals surface area contributed by atoms with Gasteiger partial charge in [-0.25, -0.2) is 4.98 Å². The van der Waals surface area contributed by atoms with Gasteiger partial charge < -0.3 is 25.2 Å². The molecular formula is C20H28N6O. The van der Waals surface area contributed by atoms with Crippen molar-refractivity contribution in [2.24, 2.45) is 0 Å². The standard InChI is InChI=1S/C20H28N6O/c1-25-10-12-26(13-11-25)17-6-4-16(5-7-17)23-19-8-9-21-20(24-19)22-15-18-3-2-14-27-18/h4-9,18H,2-3,10-15H2,1H3,(H2,21,22,23,24). The number of anilines is 4. The van der Waals surface area contributed by atoms with E-state index in [9.17, 15) is 0 Å². The lowest BCUT2D eigenvalue weighted by molar-refractivity contribution is 0.120. The van der Waals surface area contributed by atoms with E-state index in [1.54, 1.807) is 6.20 Å². The molecule has 7 heteroatoms. The topological polar surface area (TPSA) is 65.5 Å². The first kappa shape index (κ1) is 18.0. The molecule has 0 bridgehead atoms. The molecule has 1 unspecified atom stereocenters. The van der Waals surface area contributed by atoms with Gasteiger partial charge in [0.05, 0.1) is 6.10 Å². The Morgan fingerprint density at radius 2 is 1.93 bits per heavy atom. The molecule has 0 spiro atoms. The van der Waals surface area contributed by atoms with Crippen LogP contribution in [0, 0.1) is 0 Å². The number of piperazine rings is 1. The Morgan fingerprint density at radius 3 is 2.67 bits per heavy atom. The Labute approximate surface area is 160 Å². The van der Waals surface area contributed by atoms with Crippen LogP contribution in [0.25, 0.3) is 0 Å². The van der Waals surface area contributed by atoms with E-state index < -0.39 is 0 Å². The van der Waals surface area contributed by atoms with E-state index in [0.29, 0.717) is 5.95 Å². The molecular weight excluding hydrogens is 340 g/mol. The highest BCUT2D eigenvalue weighted by Gasteiger charge is 2.16. The van der Waals surface area contributed by atoms with E-state index in [0.717, 1.165) is 63.7 Å². The predicted octanol–water partition coefficient (Wildman–Crippen LogP) is 2.56. The molecule has 2 saturated heterocycles. The van der Waals surface area contributed by atoms with Gasteiger partial charge >= 0.3 is 0 Å². The molecule has 2 N–H and O–H groups in total. The molecule has 2 aliphatic rings. The Bertz CT molecular complexity index is 724. The van der Waals surface area contributed by atoms with E-state index >= 15 is 0 Å². The largest absolute Gasteiger partial charge is 0.376 e. The van der Waals surface area contributed by atoms with E-state index in [1.807, 2.05) is 6.07 Å². The zero-order valence-corrected chi connectivity index (χ0v) is 15.9. The number of nitrogens with one attached hydrogen (secondary N) is 2. The second-order valence-corrected chi connectivity index (χ2v) is 7.24. The summed E-state index contributed by atoms with van der Waals surface area (Å²) in [5, 5.41) is 6.63. The van der Waals surface area contributed by atoms with Crippen molar-refractivity contribution in [2.45, 2.75) is 18.9 Å². The lowest BCUT2D eigenvalue weighted by Crippen LogP contribution is -2.44. The van der Waals surface area contributed by atoms with Crippen LogP contribution in [0.4, 0.5) is 23.1 Å². The van der Waals surface area contributed by atoms with Crippen LogP contribution in [0.5, 0.6) is 0 Å². The van der Waals surface area contributed by atoms with Crippen molar-refractivity contribution in [2.75, 3.05) is 61.9 Å². The van der Waals surface area contributed by atoms with Gasteiger partial charge in [0.1, 0.15) is 5.82 Å². The summed E-state index contributed by atoms with van der Waals surface area (Å²) < 4.78 is 5.63. The highest BCUT2D eigenvalue weighted by Crippen LogP contribution is 2.22. The highest BCUT2D eigenvalue weighted by molar-refractivity contribution is 5.61. The molecule has 0 amide bonds. The van der Waals surface area contributed by atoms with Crippen molar-refractivity contribution in [3.63, 3.8) is 0 Å². The predicted molar refractivity (Wildman–Crippen MR) is 109 cm³/mol. The first-order chi connectivity index (χ1) is 13.3. The average molecular weight is 368 g/mol. The molecule has 1 aromatic heterocycles. The summed E-state index contributed by atoms with van der Waals surface area (Å²) >= 11 is 0. The molecule has 4 rings (SSSR count). The molecule has 27 heavy (non-hydrogen) atoms. The average Bonchev–Trinajstić information content (AvgIpc) is 3.22. The zero-order valence-electron chi connectivity index (χ0n) is 15.9. The fourth-order valence-corrected chi connectivity index (χ4v) is 3.49. The molecule has 7 nitrogen and oxygen atoms in total. The molecule has 2 fully saturated rings. The Kier molecular flexibility index (Phi) is 5.69.